The summed E-state index contributed by atoms with van der Waals surface area (Å²) in [7, 11) is 0. The van der Waals surface area contributed by atoms with Crippen LogP contribution in [0, 0.1) is 17.0 Å². The molecule has 0 aliphatic carbocycles. The fraction of sp³-hybridized carbons (Fsp3) is 0.258. The number of benzene rings is 3. The number of halogens is 2. The van der Waals surface area contributed by atoms with Gasteiger partial charge in [0.15, 0.2) is 17.4 Å². The van der Waals surface area contributed by atoms with Crippen molar-refractivity contribution >= 4 is 11.8 Å². The van der Waals surface area contributed by atoms with Gasteiger partial charge in [-0.1, -0.05) is 68.4 Å². The summed E-state index contributed by atoms with van der Waals surface area (Å²) >= 11 is 1.47. The number of rotatable bonds is 4. The molecular formula is C31H28F2N2O3S. The van der Waals surface area contributed by atoms with Gasteiger partial charge in [-0.25, -0.2) is 8.78 Å². The molecule has 200 valence electrons. The van der Waals surface area contributed by atoms with Gasteiger partial charge in [-0.15, -0.1) is 11.8 Å². The van der Waals surface area contributed by atoms with E-state index < -0.39 is 29.2 Å². The summed E-state index contributed by atoms with van der Waals surface area (Å²) in [6.45, 7) is 4.40. The number of aliphatic hydroxyl groups is 1. The molecule has 0 bridgehead atoms. The van der Waals surface area contributed by atoms with Gasteiger partial charge >= 0.3 is 0 Å². The van der Waals surface area contributed by atoms with E-state index in [2.05, 4.69) is 0 Å². The molecule has 4 aromatic rings. The van der Waals surface area contributed by atoms with Crippen LogP contribution in [-0.2, 0) is 12.4 Å². The first-order valence-electron chi connectivity index (χ1n) is 12.8. The van der Waals surface area contributed by atoms with Crippen LogP contribution in [0.4, 0.5) is 8.78 Å². The Balaban J connectivity index is 1.55. The van der Waals surface area contributed by atoms with Crippen LogP contribution in [0.3, 0.4) is 0 Å². The first-order chi connectivity index (χ1) is 18.8. The van der Waals surface area contributed by atoms with Gasteiger partial charge in [0.25, 0.3) is 0 Å². The maximum absolute atomic E-state index is 15.2. The first kappa shape index (κ1) is 25.6. The summed E-state index contributed by atoms with van der Waals surface area (Å²) in [5, 5.41) is 13.6. The summed E-state index contributed by atoms with van der Waals surface area (Å²) in [5.41, 5.74) is 2.10. The second kappa shape index (κ2) is 9.84. The number of hydrogen-bond donors (Lipinski definition) is 1. The van der Waals surface area contributed by atoms with Crippen LogP contribution in [0.1, 0.15) is 53.9 Å². The molecule has 39 heavy (non-hydrogen) atoms. The van der Waals surface area contributed by atoms with Crippen LogP contribution < -0.4 is 15.2 Å². The lowest BCUT2D eigenvalue weighted by molar-refractivity contribution is 0.0212. The Morgan fingerprint density at radius 3 is 2.54 bits per heavy atom. The summed E-state index contributed by atoms with van der Waals surface area (Å²) in [6, 6.07) is 21.1. The molecule has 8 heteroatoms. The fourth-order valence-electron chi connectivity index (χ4n) is 5.53. The highest BCUT2D eigenvalue weighted by Gasteiger charge is 2.44. The zero-order valence-electron chi connectivity index (χ0n) is 21.6. The number of hydrogen-bond acceptors (Lipinski definition) is 5. The lowest BCUT2D eigenvalue weighted by Crippen LogP contribution is -2.53. The molecule has 0 amide bonds. The monoisotopic (exact) mass is 546 g/mol. The van der Waals surface area contributed by atoms with Crippen molar-refractivity contribution in [3.05, 3.63) is 129 Å². The molecule has 1 N–H and O–H groups in total. The highest BCUT2D eigenvalue weighted by Crippen LogP contribution is 2.48. The molecule has 2 aliphatic rings. The minimum absolute atomic E-state index is 0.0772. The van der Waals surface area contributed by atoms with Crippen molar-refractivity contribution in [1.29, 1.82) is 0 Å². The van der Waals surface area contributed by atoms with Crippen LogP contribution >= 0.6 is 11.8 Å². The van der Waals surface area contributed by atoms with Crippen molar-refractivity contribution in [2.24, 2.45) is 5.41 Å². The van der Waals surface area contributed by atoms with Crippen LogP contribution in [-0.4, -0.2) is 16.3 Å². The molecule has 2 unspecified atom stereocenters. The van der Waals surface area contributed by atoms with E-state index in [-0.39, 0.29) is 23.5 Å². The Morgan fingerprint density at radius 2 is 1.74 bits per heavy atom. The van der Waals surface area contributed by atoms with E-state index >= 15 is 4.39 Å². The van der Waals surface area contributed by atoms with E-state index in [4.69, 9.17) is 4.74 Å². The zero-order chi connectivity index (χ0) is 27.3. The van der Waals surface area contributed by atoms with Crippen molar-refractivity contribution < 1.29 is 18.6 Å². The highest BCUT2D eigenvalue weighted by molar-refractivity contribution is 7.98. The molecule has 2 aliphatic heterocycles. The molecule has 2 atom stereocenters. The molecule has 5 nitrogen and oxygen atoms in total. The predicted octanol–water partition coefficient (Wildman–Crippen LogP) is 6.11. The van der Waals surface area contributed by atoms with Gasteiger partial charge < -0.3 is 14.9 Å². The van der Waals surface area contributed by atoms with Gasteiger partial charge in [0, 0.05) is 40.4 Å². The lowest BCUT2D eigenvalue weighted by Gasteiger charge is -2.49. The highest BCUT2D eigenvalue weighted by atomic mass is 32.2. The first-order valence-corrected chi connectivity index (χ1v) is 13.8. The Labute approximate surface area is 229 Å². The normalized spacial score (nSPS) is 19.5. The third-order valence-corrected chi connectivity index (χ3v) is 8.67. The van der Waals surface area contributed by atoms with E-state index in [9.17, 15) is 14.3 Å². The quantitative estimate of drug-likeness (QED) is 0.335. The number of aromatic nitrogens is 1. The van der Waals surface area contributed by atoms with Crippen molar-refractivity contribution in [2.75, 3.05) is 11.6 Å². The molecule has 3 heterocycles. The molecule has 0 saturated heterocycles. The molecular weight excluding hydrogens is 518 g/mol. The Kier molecular flexibility index (Phi) is 6.47. The molecule has 3 aromatic carbocycles. The van der Waals surface area contributed by atoms with E-state index in [0.717, 1.165) is 16.0 Å². The SMILES string of the molecule is CC1(C)CN(C2c3ccccc3SCc3c2ccc(F)c3F)n2ccc(=O)c(OCc3ccccc3)c2C1O. The Morgan fingerprint density at radius 1 is 1.00 bits per heavy atom. The van der Waals surface area contributed by atoms with Crippen molar-refractivity contribution in [1.82, 2.24) is 4.68 Å². The fourth-order valence-corrected chi connectivity index (χ4v) is 6.64. The number of pyridine rings is 1. The zero-order valence-corrected chi connectivity index (χ0v) is 22.4. The van der Waals surface area contributed by atoms with Gasteiger partial charge in [0.05, 0.1) is 6.04 Å². The summed E-state index contributed by atoms with van der Waals surface area (Å²) in [6.07, 6.45) is 0.624. The van der Waals surface area contributed by atoms with Gasteiger partial charge in [-0.05, 0) is 28.8 Å². The minimum atomic E-state index is -1.01. The van der Waals surface area contributed by atoms with Crippen molar-refractivity contribution in [2.45, 2.75) is 43.2 Å². The van der Waals surface area contributed by atoms with Gasteiger partial charge in [-0.3, -0.25) is 9.47 Å². The smallest absolute Gasteiger partial charge is 0.223 e. The number of nitrogens with zero attached hydrogens (tertiary/aromatic N) is 2. The number of aliphatic hydroxyl groups excluding tert-OH is 1. The second-order valence-corrected chi connectivity index (χ2v) is 11.7. The molecule has 0 fully saturated rings. The average Bonchev–Trinajstić information content (AvgIpc) is 3.10. The molecule has 6 rings (SSSR count). The van der Waals surface area contributed by atoms with Gasteiger partial charge in [-0.2, -0.15) is 0 Å². The topological polar surface area (TPSA) is 54.7 Å². The molecule has 0 spiro atoms. The van der Waals surface area contributed by atoms with E-state index in [1.54, 1.807) is 16.9 Å². The van der Waals surface area contributed by atoms with Crippen LogP contribution in [0.25, 0.3) is 0 Å². The van der Waals surface area contributed by atoms with Crippen LogP contribution in [0.15, 0.2) is 88.7 Å². The Bertz CT molecular complexity index is 1610. The van der Waals surface area contributed by atoms with E-state index in [0.29, 0.717) is 23.4 Å². The van der Waals surface area contributed by atoms with E-state index in [1.807, 2.05) is 73.5 Å². The standard InChI is InChI=1S/C31H28F2N2O3S/c1-31(2)18-35(27-20-12-13-23(32)26(33)22(20)17-39-25-11-7-6-10-21(25)27)34-15-14-24(36)29(28(34)30(31)37)38-16-19-8-4-3-5-9-19/h3-15,27,30,37H,16-18H2,1-2H3. The third kappa shape index (κ3) is 4.41. The largest absolute Gasteiger partial charge is 0.483 e. The summed E-state index contributed by atoms with van der Waals surface area (Å²) < 4.78 is 37.4. The molecule has 0 saturated carbocycles. The number of fused-ring (bicyclic) bond motifs is 3. The minimum Gasteiger partial charge on any atom is -0.483 e. The van der Waals surface area contributed by atoms with Crippen LogP contribution in [0.5, 0.6) is 5.75 Å². The molecule has 1 aromatic heterocycles. The van der Waals surface area contributed by atoms with Crippen LogP contribution in [0.2, 0.25) is 0 Å². The van der Waals surface area contributed by atoms with E-state index in [1.165, 1.54) is 23.9 Å². The average molecular weight is 547 g/mol. The third-order valence-electron chi connectivity index (χ3n) is 7.55. The maximum atomic E-state index is 15.2. The predicted molar refractivity (Wildman–Crippen MR) is 148 cm³/mol. The summed E-state index contributed by atoms with van der Waals surface area (Å²) in [5.74, 6) is -1.36. The number of ether oxygens (including phenoxy) is 1. The second-order valence-electron chi connectivity index (χ2n) is 10.7. The summed E-state index contributed by atoms with van der Waals surface area (Å²) in [4.78, 5) is 14.1. The van der Waals surface area contributed by atoms with Gasteiger partial charge in [0.2, 0.25) is 5.43 Å². The lowest BCUT2D eigenvalue weighted by atomic mass is 9.81. The van der Waals surface area contributed by atoms with Gasteiger partial charge in [0.1, 0.15) is 18.4 Å². The number of thioether (sulfide) groups is 1. The molecule has 0 radical (unpaired) electrons. The maximum Gasteiger partial charge on any atom is 0.223 e. The Hall–Kier alpha value is -3.62. The van der Waals surface area contributed by atoms with Crippen molar-refractivity contribution in [3.8, 4) is 5.75 Å². The van der Waals surface area contributed by atoms with Crippen molar-refractivity contribution in [3.63, 3.8) is 0 Å².